The number of hydrogen-bond acceptors (Lipinski definition) is 4. The molecule has 5 heteroatoms. The molecule has 2 aromatic carbocycles. The Bertz CT molecular complexity index is 946. The monoisotopic (exact) mass is 319 g/mol. The van der Waals surface area contributed by atoms with Crippen LogP contribution in [-0.4, -0.2) is 23.1 Å². The zero-order valence-electron chi connectivity index (χ0n) is 13.4. The van der Waals surface area contributed by atoms with E-state index in [0.29, 0.717) is 0 Å². The molecule has 5 rings (SSSR count). The molecule has 3 aromatic rings. The van der Waals surface area contributed by atoms with E-state index in [0.717, 1.165) is 47.2 Å². The van der Waals surface area contributed by atoms with Crippen LogP contribution in [-0.2, 0) is 6.42 Å². The van der Waals surface area contributed by atoms with Gasteiger partial charge >= 0.3 is 0 Å². The quantitative estimate of drug-likeness (QED) is 0.785. The lowest BCUT2D eigenvalue weighted by Crippen LogP contribution is -2.04. The van der Waals surface area contributed by atoms with E-state index in [-0.39, 0.29) is 6.79 Å². The molecule has 0 bridgehead atoms. The van der Waals surface area contributed by atoms with Crippen LogP contribution in [0.15, 0.2) is 42.5 Å². The van der Waals surface area contributed by atoms with Crippen molar-refractivity contribution in [1.82, 2.24) is 9.78 Å². The van der Waals surface area contributed by atoms with Crippen molar-refractivity contribution in [2.45, 2.75) is 13.3 Å². The lowest BCUT2D eigenvalue weighted by Gasteiger charge is -2.07. The highest BCUT2D eigenvalue weighted by atomic mass is 16.7. The third kappa shape index (κ3) is 1.98. The summed E-state index contributed by atoms with van der Waals surface area (Å²) in [5, 5.41) is 8.37. The maximum Gasteiger partial charge on any atom is 0.231 e. The first kappa shape index (κ1) is 13.5. The summed E-state index contributed by atoms with van der Waals surface area (Å²) in [6.45, 7) is 3.33. The summed E-state index contributed by atoms with van der Waals surface area (Å²) in [6, 6.07) is 14.4. The van der Waals surface area contributed by atoms with Gasteiger partial charge in [0.1, 0.15) is 5.82 Å². The Hall–Kier alpha value is -2.95. The van der Waals surface area contributed by atoms with E-state index in [1.165, 1.54) is 11.1 Å². The van der Waals surface area contributed by atoms with Crippen LogP contribution in [0.4, 0.5) is 5.82 Å². The Labute approximate surface area is 139 Å². The van der Waals surface area contributed by atoms with Crippen LogP contribution in [0.2, 0.25) is 0 Å². The SMILES string of the molecule is Cc1cccc(-n2nc(-c3ccc4c(c3)OCO4)c3c2NCC3)c1. The van der Waals surface area contributed by atoms with Crippen molar-refractivity contribution in [2.24, 2.45) is 0 Å². The Morgan fingerprint density at radius 3 is 2.92 bits per heavy atom. The number of nitrogens with one attached hydrogen (secondary N) is 1. The van der Waals surface area contributed by atoms with Crippen LogP contribution in [0.25, 0.3) is 16.9 Å². The third-order valence-corrected chi connectivity index (χ3v) is 4.54. The molecule has 2 aliphatic rings. The molecule has 1 N–H and O–H groups in total. The first-order chi connectivity index (χ1) is 11.8. The standard InChI is InChI=1S/C19H17N3O2/c1-12-3-2-4-14(9-12)22-19-15(7-8-20-19)18(21-22)13-5-6-16-17(10-13)24-11-23-16/h2-6,9-10,20H,7-8,11H2,1H3. The highest BCUT2D eigenvalue weighted by molar-refractivity contribution is 5.74. The molecule has 2 aliphatic heterocycles. The normalized spacial score (nSPS) is 14.5. The number of ether oxygens (including phenoxy) is 2. The number of nitrogens with zero attached hydrogens (tertiary/aromatic N) is 2. The molecule has 5 nitrogen and oxygen atoms in total. The first-order valence-electron chi connectivity index (χ1n) is 8.12. The molecule has 120 valence electrons. The summed E-state index contributed by atoms with van der Waals surface area (Å²) in [5.74, 6) is 2.68. The van der Waals surface area contributed by atoms with E-state index in [2.05, 4.69) is 42.6 Å². The van der Waals surface area contributed by atoms with Gasteiger partial charge in [-0.15, -0.1) is 0 Å². The maximum absolute atomic E-state index is 5.51. The number of hydrogen-bond donors (Lipinski definition) is 1. The minimum absolute atomic E-state index is 0.288. The molecule has 0 amide bonds. The summed E-state index contributed by atoms with van der Waals surface area (Å²) in [4.78, 5) is 0. The van der Waals surface area contributed by atoms with Gasteiger partial charge in [0.15, 0.2) is 11.5 Å². The lowest BCUT2D eigenvalue weighted by molar-refractivity contribution is 0.174. The Kier molecular flexibility index (Phi) is 2.82. The Morgan fingerprint density at radius 1 is 1.08 bits per heavy atom. The third-order valence-electron chi connectivity index (χ3n) is 4.54. The molecule has 24 heavy (non-hydrogen) atoms. The average molecular weight is 319 g/mol. The van der Waals surface area contributed by atoms with Gasteiger partial charge in [0.05, 0.1) is 11.4 Å². The zero-order valence-corrected chi connectivity index (χ0v) is 13.4. The largest absolute Gasteiger partial charge is 0.454 e. The van der Waals surface area contributed by atoms with Gasteiger partial charge in [-0.2, -0.15) is 5.10 Å². The van der Waals surface area contributed by atoms with Crippen LogP contribution < -0.4 is 14.8 Å². The summed E-state index contributed by atoms with van der Waals surface area (Å²) in [5.41, 5.74) is 5.63. The fourth-order valence-electron chi connectivity index (χ4n) is 3.40. The van der Waals surface area contributed by atoms with Crippen LogP contribution in [0.5, 0.6) is 11.5 Å². The fraction of sp³-hybridized carbons (Fsp3) is 0.211. The van der Waals surface area contributed by atoms with Gasteiger partial charge in [-0.1, -0.05) is 12.1 Å². The molecular formula is C19H17N3O2. The molecule has 0 aliphatic carbocycles. The molecule has 0 atom stereocenters. The molecule has 3 heterocycles. The van der Waals surface area contributed by atoms with Crippen molar-refractivity contribution >= 4 is 5.82 Å². The molecule has 0 radical (unpaired) electrons. The van der Waals surface area contributed by atoms with Crippen molar-refractivity contribution in [2.75, 3.05) is 18.7 Å². The van der Waals surface area contributed by atoms with Crippen LogP contribution >= 0.6 is 0 Å². The number of aryl methyl sites for hydroxylation is 1. The van der Waals surface area contributed by atoms with Gasteiger partial charge in [0.2, 0.25) is 6.79 Å². The summed E-state index contributed by atoms with van der Waals surface area (Å²) in [7, 11) is 0. The number of benzene rings is 2. The molecule has 0 fully saturated rings. The molecular weight excluding hydrogens is 302 g/mol. The van der Waals surface area contributed by atoms with Gasteiger partial charge in [0.25, 0.3) is 0 Å². The van der Waals surface area contributed by atoms with Gasteiger partial charge in [-0.3, -0.25) is 0 Å². The number of fused-ring (bicyclic) bond motifs is 2. The highest BCUT2D eigenvalue weighted by Crippen LogP contribution is 2.39. The number of anilines is 1. The van der Waals surface area contributed by atoms with Crippen molar-refractivity contribution < 1.29 is 9.47 Å². The zero-order chi connectivity index (χ0) is 16.1. The molecule has 0 spiro atoms. The van der Waals surface area contributed by atoms with E-state index >= 15 is 0 Å². The second kappa shape index (κ2) is 5.03. The molecule has 0 saturated carbocycles. The van der Waals surface area contributed by atoms with E-state index in [4.69, 9.17) is 14.6 Å². The summed E-state index contributed by atoms with van der Waals surface area (Å²) < 4.78 is 12.9. The van der Waals surface area contributed by atoms with Gasteiger partial charge < -0.3 is 14.8 Å². The van der Waals surface area contributed by atoms with E-state index in [1.807, 2.05) is 16.8 Å². The van der Waals surface area contributed by atoms with Gasteiger partial charge in [0, 0.05) is 17.7 Å². The average Bonchev–Trinajstić information content (AvgIpc) is 3.30. The van der Waals surface area contributed by atoms with Crippen molar-refractivity contribution in [3.8, 4) is 28.4 Å². The predicted molar refractivity (Wildman–Crippen MR) is 92.1 cm³/mol. The van der Waals surface area contributed by atoms with Crippen LogP contribution in [0.1, 0.15) is 11.1 Å². The second-order valence-electron chi connectivity index (χ2n) is 6.17. The van der Waals surface area contributed by atoms with Crippen molar-refractivity contribution in [3.63, 3.8) is 0 Å². The first-order valence-corrected chi connectivity index (χ1v) is 8.12. The molecule has 1 aromatic heterocycles. The lowest BCUT2D eigenvalue weighted by atomic mass is 10.1. The predicted octanol–water partition coefficient (Wildman–Crippen LogP) is 3.54. The minimum atomic E-state index is 0.288. The van der Waals surface area contributed by atoms with Crippen LogP contribution in [0.3, 0.4) is 0 Å². The van der Waals surface area contributed by atoms with Crippen LogP contribution in [0, 0.1) is 6.92 Å². The summed E-state index contributed by atoms with van der Waals surface area (Å²) in [6.07, 6.45) is 0.977. The summed E-state index contributed by atoms with van der Waals surface area (Å²) >= 11 is 0. The highest BCUT2D eigenvalue weighted by Gasteiger charge is 2.25. The van der Waals surface area contributed by atoms with E-state index in [9.17, 15) is 0 Å². The molecule has 0 unspecified atom stereocenters. The number of rotatable bonds is 2. The fourth-order valence-corrected chi connectivity index (χ4v) is 3.40. The van der Waals surface area contributed by atoms with E-state index in [1.54, 1.807) is 0 Å². The Balaban J connectivity index is 1.67. The van der Waals surface area contributed by atoms with Crippen molar-refractivity contribution in [1.29, 1.82) is 0 Å². The second-order valence-corrected chi connectivity index (χ2v) is 6.17. The maximum atomic E-state index is 5.51. The van der Waals surface area contributed by atoms with Gasteiger partial charge in [-0.05, 0) is 49.2 Å². The van der Waals surface area contributed by atoms with Crippen molar-refractivity contribution in [3.05, 3.63) is 53.6 Å². The molecule has 0 saturated heterocycles. The number of aromatic nitrogens is 2. The minimum Gasteiger partial charge on any atom is -0.454 e. The topological polar surface area (TPSA) is 48.3 Å². The smallest absolute Gasteiger partial charge is 0.231 e. The van der Waals surface area contributed by atoms with E-state index < -0.39 is 0 Å². The van der Waals surface area contributed by atoms with Gasteiger partial charge in [-0.25, -0.2) is 4.68 Å². The Morgan fingerprint density at radius 2 is 2.00 bits per heavy atom.